The molecule has 1 aliphatic carbocycles. The van der Waals surface area contributed by atoms with Crippen LogP contribution in [0.15, 0.2) is 36.4 Å². The molecule has 1 aliphatic rings. The largest absolute Gasteiger partial charge is 0.507 e. The highest BCUT2D eigenvalue weighted by Crippen LogP contribution is 2.41. The highest BCUT2D eigenvalue weighted by molar-refractivity contribution is 5.50. The van der Waals surface area contributed by atoms with Gasteiger partial charge in [0, 0.05) is 11.5 Å². The summed E-state index contributed by atoms with van der Waals surface area (Å²) in [6.45, 7) is 11.1. The van der Waals surface area contributed by atoms with Gasteiger partial charge in [-0.2, -0.15) is 0 Å². The van der Waals surface area contributed by atoms with Gasteiger partial charge >= 0.3 is 0 Å². The van der Waals surface area contributed by atoms with Gasteiger partial charge in [-0.3, -0.25) is 0 Å². The molecule has 0 bridgehead atoms. The zero-order valence-electron chi connectivity index (χ0n) is 14.0. The van der Waals surface area contributed by atoms with E-state index in [9.17, 15) is 5.11 Å². The first-order valence-electron chi connectivity index (χ1n) is 8.05. The molecular weight excluding hydrogens is 256 g/mol. The summed E-state index contributed by atoms with van der Waals surface area (Å²) >= 11 is 0. The summed E-state index contributed by atoms with van der Waals surface area (Å²) in [5.41, 5.74) is 3.59. The normalized spacial score (nSPS) is 19.8. The lowest BCUT2D eigenvalue weighted by molar-refractivity contribution is 0.450. The third-order valence-corrected chi connectivity index (χ3v) is 4.56. The van der Waals surface area contributed by atoms with Gasteiger partial charge in [0.2, 0.25) is 0 Å². The average Bonchev–Trinajstić information content (AvgIpc) is 2.46. The number of benzene rings is 1. The molecule has 1 nitrogen and oxygen atoms in total. The number of phenols is 1. The third-order valence-electron chi connectivity index (χ3n) is 4.56. The van der Waals surface area contributed by atoms with Crippen LogP contribution >= 0.6 is 0 Å². The Hall–Kier alpha value is -1.50. The van der Waals surface area contributed by atoms with E-state index >= 15 is 0 Å². The second-order valence-electron chi connectivity index (χ2n) is 7.22. The van der Waals surface area contributed by atoms with Crippen LogP contribution < -0.4 is 0 Å². The van der Waals surface area contributed by atoms with Crippen LogP contribution in [0.2, 0.25) is 0 Å². The summed E-state index contributed by atoms with van der Waals surface area (Å²) in [4.78, 5) is 0. The minimum absolute atomic E-state index is 0.0961. The van der Waals surface area contributed by atoms with Crippen LogP contribution in [0.1, 0.15) is 76.0 Å². The summed E-state index contributed by atoms with van der Waals surface area (Å²) < 4.78 is 0. The molecule has 114 valence electrons. The van der Waals surface area contributed by atoms with Gasteiger partial charge in [0.05, 0.1) is 0 Å². The van der Waals surface area contributed by atoms with Crippen LogP contribution in [-0.2, 0) is 5.41 Å². The van der Waals surface area contributed by atoms with Gasteiger partial charge in [0.1, 0.15) is 5.75 Å². The van der Waals surface area contributed by atoms with Crippen LogP contribution in [0.4, 0.5) is 0 Å². The number of allylic oxidation sites excluding steroid dienone is 4. The van der Waals surface area contributed by atoms with Crippen molar-refractivity contribution in [3.8, 4) is 5.75 Å². The molecule has 0 aliphatic heterocycles. The Morgan fingerprint density at radius 1 is 1.24 bits per heavy atom. The molecule has 0 fully saturated rings. The van der Waals surface area contributed by atoms with Crippen LogP contribution in [0, 0.1) is 0 Å². The van der Waals surface area contributed by atoms with Crippen molar-refractivity contribution in [1.29, 1.82) is 0 Å². The second-order valence-corrected chi connectivity index (χ2v) is 7.22. The first kappa shape index (κ1) is 15.9. The molecule has 2 atom stereocenters. The lowest BCUT2D eigenvalue weighted by Gasteiger charge is -2.26. The first-order chi connectivity index (χ1) is 9.84. The Bertz CT molecular complexity index is 558. The van der Waals surface area contributed by atoms with Crippen molar-refractivity contribution in [1.82, 2.24) is 0 Å². The van der Waals surface area contributed by atoms with Crippen LogP contribution in [0.3, 0.4) is 0 Å². The number of hydrogen-bond acceptors (Lipinski definition) is 1. The quantitative estimate of drug-likeness (QED) is 0.743. The predicted octanol–water partition coefficient (Wildman–Crippen LogP) is 5.80. The Kier molecular flexibility index (Phi) is 4.61. The number of phenolic OH excluding ortho intramolecular Hbond substituents is 1. The maximum Gasteiger partial charge on any atom is 0.122 e. The van der Waals surface area contributed by atoms with Crippen molar-refractivity contribution < 1.29 is 5.11 Å². The molecule has 0 saturated carbocycles. The van der Waals surface area contributed by atoms with E-state index in [1.54, 1.807) is 0 Å². The van der Waals surface area contributed by atoms with Gasteiger partial charge in [0.25, 0.3) is 0 Å². The zero-order chi connectivity index (χ0) is 15.6. The molecule has 21 heavy (non-hydrogen) atoms. The Labute approximate surface area is 129 Å². The van der Waals surface area contributed by atoms with Crippen molar-refractivity contribution in [2.24, 2.45) is 0 Å². The third kappa shape index (κ3) is 3.40. The minimum Gasteiger partial charge on any atom is -0.507 e. The maximum atomic E-state index is 10.8. The zero-order valence-corrected chi connectivity index (χ0v) is 14.0. The Morgan fingerprint density at radius 2 is 1.95 bits per heavy atom. The molecule has 0 spiro atoms. The fraction of sp³-hybridized carbons (Fsp3) is 0.500. The average molecular weight is 284 g/mol. The molecular formula is C20H28O. The summed E-state index contributed by atoms with van der Waals surface area (Å²) in [6, 6.07) is 4.41. The van der Waals surface area contributed by atoms with E-state index in [0.29, 0.717) is 17.6 Å². The monoisotopic (exact) mass is 284 g/mol. The van der Waals surface area contributed by atoms with E-state index in [-0.39, 0.29) is 5.41 Å². The summed E-state index contributed by atoms with van der Waals surface area (Å²) in [5, 5.41) is 10.8. The lowest BCUT2D eigenvalue weighted by atomic mass is 9.79. The topological polar surface area (TPSA) is 20.2 Å². The van der Waals surface area contributed by atoms with E-state index in [0.717, 1.165) is 24.0 Å². The molecule has 1 aromatic carbocycles. The molecule has 0 heterocycles. The highest BCUT2D eigenvalue weighted by atomic mass is 16.3. The van der Waals surface area contributed by atoms with Gasteiger partial charge in [-0.15, -0.1) is 0 Å². The molecule has 1 aromatic rings. The molecule has 0 aromatic heterocycles. The fourth-order valence-electron chi connectivity index (χ4n) is 2.80. The smallest absolute Gasteiger partial charge is 0.122 e. The number of hydrogen-bond donors (Lipinski definition) is 1. The van der Waals surface area contributed by atoms with Crippen molar-refractivity contribution in [3.63, 3.8) is 0 Å². The minimum atomic E-state index is 0.0961. The molecule has 2 rings (SSSR count). The van der Waals surface area contributed by atoms with E-state index in [4.69, 9.17) is 0 Å². The molecule has 0 amide bonds. The summed E-state index contributed by atoms with van der Waals surface area (Å²) in [6.07, 6.45) is 10.5. The van der Waals surface area contributed by atoms with Gasteiger partial charge in [-0.05, 0) is 35.3 Å². The van der Waals surface area contributed by atoms with Crippen molar-refractivity contribution in [2.75, 3.05) is 0 Å². The molecule has 0 saturated heterocycles. The van der Waals surface area contributed by atoms with Gasteiger partial charge < -0.3 is 5.11 Å². The first-order valence-corrected chi connectivity index (χ1v) is 8.05. The summed E-state index contributed by atoms with van der Waals surface area (Å²) in [7, 11) is 0. The van der Waals surface area contributed by atoms with E-state index in [2.05, 4.69) is 71.1 Å². The molecule has 2 unspecified atom stereocenters. The van der Waals surface area contributed by atoms with E-state index in [1.165, 1.54) is 5.56 Å². The number of rotatable bonds is 3. The Balaban J connectivity index is 2.57. The van der Waals surface area contributed by atoms with Crippen molar-refractivity contribution in [3.05, 3.63) is 53.1 Å². The van der Waals surface area contributed by atoms with Crippen molar-refractivity contribution >= 4 is 0 Å². The number of aromatic hydroxyl groups is 1. The lowest BCUT2D eigenvalue weighted by Crippen LogP contribution is -2.14. The SMILES string of the molecule is CCC(C)c1cc(C(C)(C)C)cc(C2C=CC=CC2)c1O. The van der Waals surface area contributed by atoms with Gasteiger partial charge in [-0.25, -0.2) is 0 Å². The molecule has 1 heteroatoms. The van der Waals surface area contributed by atoms with Crippen LogP contribution in [-0.4, -0.2) is 5.11 Å². The van der Waals surface area contributed by atoms with E-state index in [1.807, 2.05) is 0 Å². The van der Waals surface area contributed by atoms with Crippen LogP contribution in [0.5, 0.6) is 5.75 Å². The van der Waals surface area contributed by atoms with Gasteiger partial charge in [-0.1, -0.05) is 71.1 Å². The maximum absolute atomic E-state index is 10.8. The molecule has 1 N–H and O–H groups in total. The fourth-order valence-corrected chi connectivity index (χ4v) is 2.80. The molecule has 0 radical (unpaired) electrons. The van der Waals surface area contributed by atoms with Crippen LogP contribution in [0.25, 0.3) is 0 Å². The highest BCUT2D eigenvalue weighted by Gasteiger charge is 2.23. The predicted molar refractivity (Wildman–Crippen MR) is 91.2 cm³/mol. The van der Waals surface area contributed by atoms with Gasteiger partial charge in [0.15, 0.2) is 0 Å². The summed E-state index contributed by atoms with van der Waals surface area (Å²) in [5.74, 6) is 1.18. The Morgan fingerprint density at radius 3 is 2.48 bits per heavy atom. The van der Waals surface area contributed by atoms with E-state index < -0.39 is 0 Å². The van der Waals surface area contributed by atoms with Crippen molar-refractivity contribution in [2.45, 2.75) is 64.7 Å². The standard InChI is InChI=1S/C20H28O/c1-6-14(2)17-12-16(20(3,4)5)13-18(19(17)21)15-10-8-7-9-11-15/h7-10,12-15,21H,6,11H2,1-5H3. The second kappa shape index (κ2) is 6.09.